The highest BCUT2D eigenvalue weighted by Crippen LogP contribution is 2.25. The lowest BCUT2D eigenvalue weighted by Crippen LogP contribution is -2.33. The van der Waals surface area contributed by atoms with Gasteiger partial charge in [0.2, 0.25) is 0 Å². The largest absolute Gasteiger partial charge is 0.390 e. The molecule has 9 heteroatoms. The third-order valence-corrected chi connectivity index (χ3v) is 5.19. The van der Waals surface area contributed by atoms with Gasteiger partial charge >= 0.3 is 0 Å². The zero-order valence-corrected chi connectivity index (χ0v) is 16.1. The number of fused-ring (bicyclic) bond motifs is 1. The van der Waals surface area contributed by atoms with Crippen LogP contribution in [-0.2, 0) is 0 Å². The van der Waals surface area contributed by atoms with E-state index in [2.05, 4.69) is 30.5 Å². The van der Waals surface area contributed by atoms with Crippen LogP contribution < -0.4 is 10.2 Å². The van der Waals surface area contributed by atoms with Crippen molar-refractivity contribution in [3.8, 4) is 17.1 Å². The molecule has 0 saturated carbocycles. The number of aromatic amines is 1. The molecule has 4 aromatic rings. The summed E-state index contributed by atoms with van der Waals surface area (Å²) >= 11 is 0. The van der Waals surface area contributed by atoms with E-state index in [9.17, 15) is 5.11 Å². The number of pyridine rings is 2. The van der Waals surface area contributed by atoms with Crippen LogP contribution in [0.1, 0.15) is 5.69 Å². The highest BCUT2D eigenvalue weighted by molar-refractivity contribution is 5.83. The van der Waals surface area contributed by atoms with E-state index in [1.54, 1.807) is 6.20 Å². The molecule has 1 atom stereocenters. The van der Waals surface area contributed by atoms with Gasteiger partial charge in [-0.05, 0) is 25.1 Å². The molecule has 0 amide bonds. The minimum atomic E-state index is -0.416. The molecule has 1 unspecified atom stereocenters. The Bertz CT molecular complexity index is 1150. The third-order valence-electron chi connectivity index (χ3n) is 5.19. The van der Waals surface area contributed by atoms with Gasteiger partial charge in [-0.15, -0.1) is 0 Å². The van der Waals surface area contributed by atoms with Crippen LogP contribution in [0.2, 0.25) is 0 Å². The summed E-state index contributed by atoms with van der Waals surface area (Å²) in [5.74, 6) is 1.55. The average molecular weight is 390 g/mol. The molecule has 9 nitrogen and oxygen atoms in total. The van der Waals surface area contributed by atoms with Crippen LogP contribution in [0.5, 0.6) is 0 Å². The van der Waals surface area contributed by atoms with Gasteiger partial charge in [0.15, 0.2) is 5.82 Å². The number of aliphatic hydroxyl groups is 1. The van der Waals surface area contributed by atoms with Gasteiger partial charge in [-0.25, -0.2) is 9.67 Å². The van der Waals surface area contributed by atoms with E-state index < -0.39 is 6.10 Å². The summed E-state index contributed by atoms with van der Waals surface area (Å²) in [6.07, 6.45) is 5.05. The molecule has 5 rings (SSSR count). The lowest BCUT2D eigenvalue weighted by molar-refractivity contribution is 0.184. The van der Waals surface area contributed by atoms with Gasteiger partial charge in [-0.2, -0.15) is 10.2 Å². The van der Waals surface area contributed by atoms with E-state index in [1.807, 2.05) is 48.3 Å². The van der Waals surface area contributed by atoms with Gasteiger partial charge in [0.05, 0.1) is 29.2 Å². The monoisotopic (exact) mass is 390 g/mol. The molecule has 0 bridgehead atoms. The summed E-state index contributed by atoms with van der Waals surface area (Å²) in [4.78, 5) is 11.5. The van der Waals surface area contributed by atoms with Gasteiger partial charge in [0.1, 0.15) is 5.82 Å². The van der Waals surface area contributed by atoms with E-state index in [0.29, 0.717) is 13.1 Å². The quantitative estimate of drug-likeness (QED) is 0.484. The first-order chi connectivity index (χ1) is 14.2. The van der Waals surface area contributed by atoms with Crippen molar-refractivity contribution in [2.75, 3.05) is 31.1 Å². The Morgan fingerprint density at radius 3 is 2.97 bits per heavy atom. The molecule has 0 spiro atoms. The predicted octanol–water partition coefficient (Wildman–Crippen LogP) is 1.28. The number of anilines is 1. The fourth-order valence-electron chi connectivity index (χ4n) is 3.68. The Morgan fingerprint density at radius 1 is 1.21 bits per heavy atom. The summed E-state index contributed by atoms with van der Waals surface area (Å²) in [5.41, 5.74) is 3.63. The molecule has 148 valence electrons. The minimum absolute atomic E-state index is 0.416. The van der Waals surface area contributed by atoms with Crippen molar-refractivity contribution in [3.05, 3.63) is 48.5 Å². The summed E-state index contributed by atoms with van der Waals surface area (Å²) < 4.78 is 1.83. The first-order valence-corrected chi connectivity index (χ1v) is 9.65. The lowest BCUT2D eigenvalue weighted by Gasteiger charge is -2.23. The SMILES string of the molecule is Cc1n[nH]cc1-c1cc2c(cn1)cnn2-c1cccc(N2CCNCC(O)C2)n1. The normalized spacial score (nSPS) is 17.6. The Balaban J connectivity index is 1.55. The molecule has 1 aliphatic rings. The van der Waals surface area contributed by atoms with Crippen molar-refractivity contribution in [2.24, 2.45) is 0 Å². The Labute approximate surface area is 167 Å². The van der Waals surface area contributed by atoms with Crippen molar-refractivity contribution in [1.82, 2.24) is 35.3 Å². The Kier molecular flexibility index (Phi) is 4.45. The number of β-amino-alcohol motifs (C(OH)–C–C–N with tert-alkyl or cyclic N) is 1. The van der Waals surface area contributed by atoms with Crippen molar-refractivity contribution >= 4 is 16.7 Å². The van der Waals surface area contributed by atoms with E-state index >= 15 is 0 Å². The molecule has 1 aliphatic heterocycles. The van der Waals surface area contributed by atoms with Crippen LogP contribution >= 0.6 is 0 Å². The van der Waals surface area contributed by atoms with Crippen molar-refractivity contribution in [1.29, 1.82) is 0 Å². The van der Waals surface area contributed by atoms with Gasteiger partial charge in [0, 0.05) is 49.5 Å². The zero-order valence-electron chi connectivity index (χ0n) is 16.1. The number of hydrogen-bond donors (Lipinski definition) is 3. The van der Waals surface area contributed by atoms with Crippen molar-refractivity contribution in [3.63, 3.8) is 0 Å². The number of nitrogens with zero attached hydrogens (tertiary/aromatic N) is 6. The van der Waals surface area contributed by atoms with Crippen LogP contribution in [0.25, 0.3) is 28.0 Å². The van der Waals surface area contributed by atoms with Crippen LogP contribution in [0.4, 0.5) is 5.82 Å². The van der Waals surface area contributed by atoms with Crippen LogP contribution in [-0.4, -0.2) is 67.3 Å². The van der Waals surface area contributed by atoms with Gasteiger partial charge in [-0.3, -0.25) is 10.1 Å². The smallest absolute Gasteiger partial charge is 0.156 e. The third kappa shape index (κ3) is 3.34. The second-order valence-corrected chi connectivity index (χ2v) is 7.23. The van der Waals surface area contributed by atoms with Gasteiger partial charge in [0.25, 0.3) is 0 Å². The second-order valence-electron chi connectivity index (χ2n) is 7.23. The molecule has 29 heavy (non-hydrogen) atoms. The summed E-state index contributed by atoms with van der Waals surface area (Å²) in [6, 6.07) is 7.88. The standard InChI is InChI=1S/C20H22N8O/c1-13-16(11-23-26-13)17-7-18-14(8-22-17)9-24-28(18)20-4-2-3-19(25-20)27-6-5-21-10-15(29)12-27/h2-4,7-9,11,15,21,29H,5-6,10,12H2,1H3,(H,23,26). The summed E-state index contributed by atoms with van der Waals surface area (Å²) in [7, 11) is 0. The van der Waals surface area contributed by atoms with Crippen LogP contribution in [0.3, 0.4) is 0 Å². The van der Waals surface area contributed by atoms with Crippen molar-refractivity contribution < 1.29 is 5.11 Å². The second kappa shape index (κ2) is 7.26. The molecule has 1 fully saturated rings. The Morgan fingerprint density at radius 2 is 2.10 bits per heavy atom. The summed E-state index contributed by atoms with van der Waals surface area (Å²) in [6.45, 7) is 4.71. The molecule has 3 N–H and O–H groups in total. The first kappa shape index (κ1) is 17.8. The maximum Gasteiger partial charge on any atom is 0.156 e. The molecular formula is C20H22N8O. The summed E-state index contributed by atoms with van der Waals surface area (Å²) in [5, 5.41) is 25.9. The Hall–Kier alpha value is -3.30. The topological polar surface area (TPSA) is 108 Å². The van der Waals surface area contributed by atoms with E-state index in [0.717, 1.165) is 52.6 Å². The first-order valence-electron chi connectivity index (χ1n) is 9.65. The maximum absolute atomic E-state index is 10.1. The van der Waals surface area contributed by atoms with Crippen LogP contribution in [0.15, 0.2) is 42.9 Å². The number of rotatable bonds is 3. The number of aromatic nitrogens is 6. The van der Waals surface area contributed by atoms with E-state index in [1.165, 1.54) is 0 Å². The van der Waals surface area contributed by atoms with Gasteiger partial charge < -0.3 is 15.3 Å². The van der Waals surface area contributed by atoms with E-state index in [4.69, 9.17) is 4.98 Å². The lowest BCUT2D eigenvalue weighted by atomic mass is 10.1. The molecule has 0 radical (unpaired) electrons. The molecule has 1 saturated heterocycles. The number of nitrogens with one attached hydrogen (secondary N) is 2. The molecule has 5 heterocycles. The molecule has 0 aromatic carbocycles. The predicted molar refractivity (Wildman–Crippen MR) is 110 cm³/mol. The van der Waals surface area contributed by atoms with E-state index in [-0.39, 0.29) is 0 Å². The maximum atomic E-state index is 10.1. The van der Waals surface area contributed by atoms with Gasteiger partial charge in [-0.1, -0.05) is 6.07 Å². The highest BCUT2D eigenvalue weighted by atomic mass is 16.3. The van der Waals surface area contributed by atoms with Crippen LogP contribution in [0, 0.1) is 6.92 Å². The highest BCUT2D eigenvalue weighted by Gasteiger charge is 2.18. The number of aryl methyl sites for hydroxylation is 1. The average Bonchev–Trinajstić information content (AvgIpc) is 3.29. The number of aliphatic hydroxyl groups excluding tert-OH is 1. The molecule has 4 aromatic heterocycles. The zero-order chi connectivity index (χ0) is 19.8. The fraction of sp³-hybridized carbons (Fsp3) is 0.300. The fourth-order valence-corrected chi connectivity index (χ4v) is 3.68. The van der Waals surface area contributed by atoms with Crippen molar-refractivity contribution in [2.45, 2.75) is 13.0 Å². The molecule has 0 aliphatic carbocycles. The number of hydrogen-bond acceptors (Lipinski definition) is 7. The minimum Gasteiger partial charge on any atom is -0.390 e. The number of H-pyrrole nitrogens is 1. The molecular weight excluding hydrogens is 368 g/mol.